The Hall–Kier alpha value is -2.65. The second-order valence-electron chi connectivity index (χ2n) is 5.48. The zero-order valence-electron chi connectivity index (χ0n) is 13.2. The fraction of sp³-hybridized carbons (Fsp3) is 0.100. The predicted molar refractivity (Wildman–Crippen MR) is 94.6 cm³/mol. The van der Waals surface area contributed by atoms with E-state index in [1.54, 1.807) is 36.5 Å². The summed E-state index contributed by atoms with van der Waals surface area (Å²) in [5.74, 6) is 0.469. The molecule has 1 aromatic heterocycles. The Morgan fingerprint density at radius 1 is 1.08 bits per heavy atom. The van der Waals surface area contributed by atoms with E-state index in [1.807, 2.05) is 31.2 Å². The van der Waals surface area contributed by atoms with Gasteiger partial charge in [-0.05, 0) is 36.8 Å². The first-order valence-corrected chi connectivity index (χ1v) is 7.95. The Bertz CT molecular complexity index is 877. The molecule has 120 valence electrons. The van der Waals surface area contributed by atoms with E-state index < -0.39 is 0 Å². The molecule has 0 atom stereocenters. The second-order valence-corrected chi connectivity index (χ2v) is 5.83. The van der Waals surface area contributed by atoms with Crippen molar-refractivity contribution in [3.63, 3.8) is 0 Å². The lowest BCUT2D eigenvalue weighted by molar-refractivity contribution is 0.103. The number of aromatic nitrogens is 1. The quantitative estimate of drug-likeness (QED) is 0.493. The molecule has 0 unspecified atom stereocenters. The number of hydrogen-bond donors (Lipinski definition) is 0. The smallest absolute Gasteiger partial charge is 0.196 e. The van der Waals surface area contributed by atoms with Crippen LogP contribution >= 0.6 is 11.6 Å². The van der Waals surface area contributed by atoms with Crippen LogP contribution in [0.1, 0.15) is 27.0 Å². The summed E-state index contributed by atoms with van der Waals surface area (Å²) in [6.45, 7) is 2.49. The van der Waals surface area contributed by atoms with Gasteiger partial charge < -0.3 is 4.74 Å². The number of halogens is 1. The van der Waals surface area contributed by atoms with E-state index in [9.17, 15) is 4.79 Å². The van der Waals surface area contributed by atoms with Gasteiger partial charge >= 0.3 is 0 Å². The van der Waals surface area contributed by atoms with Gasteiger partial charge in [-0.3, -0.25) is 4.79 Å². The molecule has 2 aromatic carbocycles. The number of pyridine rings is 1. The molecule has 0 radical (unpaired) electrons. The van der Waals surface area contributed by atoms with Gasteiger partial charge in [0.05, 0.1) is 5.56 Å². The van der Waals surface area contributed by atoms with Crippen molar-refractivity contribution in [2.24, 2.45) is 0 Å². The zero-order valence-corrected chi connectivity index (χ0v) is 14.0. The highest BCUT2D eigenvalue weighted by Gasteiger charge is 2.13. The first kappa shape index (κ1) is 16.2. The molecule has 0 aliphatic carbocycles. The van der Waals surface area contributed by atoms with Gasteiger partial charge in [0.1, 0.15) is 17.5 Å². The standard InChI is InChI=1S/C20H16ClNO2/c1-14-5-2-6-15(11-14)13-24-17-8-3-7-16(12-17)19(23)18-9-4-10-22-20(18)21/h2-12H,13H2,1H3. The summed E-state index contributed by atoms with van der Waals surface area (Å²) in [5, 5.41) is 0.202. The Labute approximate surface area is 145 Å². The van der Waals surface area contributed by atoms with Crippen molar-refractivity contribution in [3.8, 4) is 5.75 Å². The third-order valence-electron chi connectivity index (χ3n) is 3.59. The molecule has 1 heterocycles. The molecule has 0 N–H and O–H groups in total. The Kier molecular flexibility index (Phi) is 4.92. The summed E-state index contributed by atoms with van der Waals surface area (Å²) >= 11 is 6.00. The van der Waals surface area contributed by atoms with Gasteiger partial charge in [-0.1, -0.05) is 53.6 Å². The monoisotopic (exact) mass is 337 g/mol. The van der Waals surface area contributed by atoms with E-state index in [0.29, 0.717) is 23.5 Å². The maximum absolute atomic E-state index is 12.6. The van der Waals surface area contributed by atoms with Crippen LogP contribution in [-0.2, 0) is 6.61 Å². The molecule has 0 saturated heterocycles. The van der Waals surface area contributed by atoms with Gasteiger partial charge in [0, 0.05) is 11.8 Å². The third-order valence-corrected chi connectivity index (χ3v) is 3.89. The van der Waals surface area contributed by atoms with E-state index in [2.05, 4.69) is 11.1 Å². The zero-order chi connectivity index (χ0) is 16.9. The van der Waals surface area contributed by atoms with Gasteiger partial charge in [-0.25, -0.2) is 4.98 Å². The SMILES string of the molecule is Cc1cccc(COc2cccc(C(=O)c3cccnc3Cl)c2)c1. The van der Waals surface area contributed by atoms with Crippen molar-refractivity contribution in [2.45, 2.75) is 13.5 Å². The number of carbonyl (C=O) groups excluding carboxylic acids is 1. The lowest BCUT2D eigenvalue weighted by atomic mass is 10.0. The average Bonchev–Trinajstić information content (AvgIpc) is 2.60. The Morgan fingerprint density at radius 2 is 1.92 bits per heavy atom. The summed E-state index contributed by atoms with van der Waals surface area (Å²) in [4.78, 5) is 16.5. The molecule has 3 aromatic rings. The molecule has 0 bridgehead atoms. The molecular formula is C20H16ClNO2. The van der Waals surface area contributed by atoms with Crippen LogP contribution in [0, 0.1) is 6.92 Å². The van der Waals surface area contributed by atoms with E-state index in [1.165, 1.54) is 5.56 Å². The summed E-state index contributed by atoms with van der Waals surface area (Å²) in [7, 11) is 0. The topological polar surface area (TPSA) is 39.2 Å². The average molecular weight is 338 g/mol. The minimum atomic E-state index is -0.172. The highest BCUT2D eigenvalue weighted by molar-refractivity contribution is 6.33. The lowest BCUT2D eigenvalue weighted by Gasteiger charge is -2.09. The van der Waals surface area contributed by atoms with E-state index >= 15 is 0 Å². The number of rotatable bonds is 5. The van der Waals surface area contributed by atoms with Crippen LogP contribution in [0.4, 0.5) is 0 Å². The third kappa shape index (κ3) is 3.81. The summed E-state index contributed by atoms with van der Waals surface area (Å²) in [6, 6.07) is 18.6. The Morgan fingerprint density at radius 3 is 2.71 bits per heavy atom. The molecule has 0 amide bonds. The van der Waals surface area contributed by atoms with Gasteiger partial charge in [0.15, 0.2) is 5.78 Å². The van der Waals surface area contributed by atoms with Crippen molar-refractivity contribution < 1.29 is 9.53 Å². The highest BCUT2D eigenvalue weighted by Crippen LogP contribution is 2.21. The van der Waals surface area contributed by atoms with Crippen LogP contribution in [0.15, 0.2) is 66.9 Å². The van der Waals surface area contributed by atoms with Crippen molar-refractivity contribution in [2.75, 3.05) is 0 Å². The Balaban J connectivity index is 1.77. The van der Waals surface area contributed by atoms with Crippen LogP contribution in [0.25, 0.3) is 0 Å². The summed E-state index contributed by atoms with van der Waals surface area (Å²) in [5.41, 5.74) is 3.18. The van der Waals surface area contributed by atoms with Gasteiger partial charge in [-0.2, -0.15) is 0 Å². The lowest BCUT2D eigenvalue weighted by Crippen LogP contribution is -2.04. The van der Waals surface area contributed by atoms with E-state index in [4.69, 9.17) is 16.3 Å². The maximum Gasteiger partial charge on any atom is 0.196 e. The summed E-state index contributed by atoms with van der Waals surface area (Å²) < 4.78 is 5.80. The highest BCUT2D eigenvalue weighted by atomic mass is 35.5. The van der Waals surface area contributed by atoms with Crippen molar-refractivity contribution in [1.29, 1.82) is 0 Å². The molecule has 3 rings (SSSR count). The first-order valence-electron chi connectivity index (χ1n) is 7.57. The second kappa shape index (κ2) is 7.28. The van der Waals surface area contributed by atoms with Crippen LogP contribution in [-0.4, -0.2) is 10.8 Å². The number of benzene rings is 2. The number of hydrogen-bond acceptors (Lipinski definition) is 3. The molecule has 3 nitrogen and oxygen atoms in total. The predicted octanol–water partition coefficient (Wildman–Crippen LogP) is 4.85. The van der Waals surface area contributed by atoms with Crippen molar-refractivity contribution >= 4 is 17.4 Å². The minimum Gasteiger partial charge on any atom is -0.489 e. The molecule has 0 aliphatic heterocycles. The number of nitrogens with zero attached hydrogens (tertiary/aromatic N) is 1. The molecular weight excluding hydrogens is 322 g/mol. The largest absolute Gasteiger partial charge is 0.489 e. The number of carbonyl (C=O) groups is 1. The normalized spacial score (nSPS) is 10.4. The molecule has 0 aliphatic rings. The fourth-order valence-electron chi connectivity index (χ4n) is 2.41. The van der Waals surface area contributed by atoms with Gasteiger partial charge in [-0.15, -0.1) is 0 Å². The summed E-state index contributed by atoms with van der Waals surface area (Å²) in [6.07, 6.45) is 1.56. The van der Waals surface area contributed by atoms with Crippen LogP contribution in [0.3, 0.4) is 0 Å². The van der Waals surface area contributed by atoms with Crippen LogP contribution in [0.5, 0.6) is 5.75 Å². The van der Waals surface area contributed by atoms with E-state index in [-0.39, 0.29) is 10.9 Å². The van der Waals surface area contributed by atoms with E-state index in [0.717, 1.165) is 5.56 Å². The molecule has 0 spiro atoms. The van der Waals surface area contributed by atoms with Crippen molar-refractivity contribution in [1.82, 2.24) is 4.98 Å². The number of aryl methyl sites for hydroxylation is 1. The molecule has 0 saturated carbocycles. The molecule has 0 fully saturated rings. The van der Waals surface area contributed by atoms with Crippen molar-refractivity contribution in [3.05, 3.63) is 94.3 Å². The first-order chi connectivity index (χ1) is 11.6. The number of ether oxygens (including phenoxy) is 1. The molecule has 4 heteroatoms. The maximum atomic E-state index is 12.6. The van der Waals surface area contributed by atoms with Gasteiger partial charge in [0.25, 0.3) is 0 Å². The minimum absolute atomic E-state index is 0.172. The fourth-order valence-corrected chi connectivity index (χ4v) is 2.61. The molecule has 24 heavy (non-hydrogen) atoms. The van der Waals surface area contributed by atoms with Crippen LogP contribution < -0.4 is 4.74 Å². The van der Waals surface area contributed by atoms with Gasteiger partial charge in [0.2, 0.25) is 0 Å². The number of ketones is 1. The van der Waals surface area contributed by atoms with Crippen LogP contribution in [0.2, 0.25) is 5.15 Å².